The Balaban J connectivity index is 1.53. The van der Waals surface area contributed by atoms with E-state index in [0.717, 1.165) is 17.3 Å². The molecule has 0 radical (unpaired) electrons. The van der Waals surface area contributed by atoms with Crippen LogP contribution >= 0.6 is 0 Å². The van der Waals surface area contributed by atoms with Crippen molar-refractivity contribution < 1.29 is 13.6 Å². The van der Waals surface area contributed by atoms with Gasteiger partial charge in [0.05, 0.1) is 6.42 Å². The average Bonchev–Trinajstić information content (AvgIpc) is 2.91. The van der Waals surface area contributed by atoms with Gasteiger partial charge in [0.2, 0.25) is 5.91 Å². The Morgan fingerprint density at radius 2 is 2.00 bits per heavy atom. The smallest absolute Gasteiger partial charge is 0.231 e. The molecule has 1 aliphatic heterocycles. The van der Waals surface area contributed by atoms with Crippen LogP contribution in [-0.4, -0.2) is 24.0 Å². The molecular weight excluding hydrogens is 324 g/mol. The Kier molecular flexibility index (Phi) is 3.80. The fourth-order valence-corrected chi connectivity index (χ4v) is 3.20. The van der Waals surface area contributed by atoms with Gasteiger partial charge in [0.25, 0.3) is 0 Å². The number of carbonyl (C=O) groups is 1. The fourth-order valence-electron chi connectivity index (χ4n) is 3.20. The number of nitrogens with one attached hydrogen (secondary N) is 1. The van der Waals surface area contributed by atoms with Crippen LogP contribution < -0.4 is 10.2 Å². The number of nitrogens with zero attached hydrogens (tertiary/aromatic N) is 2. The molecule has 4 nitrogen and oxygen atoms in total. The predicted octanol–water partition coefficient (Wildman–Crippen LogP) is 3.51. The van der Waals surface area contributed by atoms with Crippen molar-refractivity contribution in [2.24, 2.45) is 0 Å². The molecular formula is C19H15F2N3O. The summed E-state index contributed by atoms with van der Waals surface area (Å²) in [7, 11) is 0. The van der Waals surface area contributed by atoms with Crippen LogP contribution in [0.2, 0.25) is 0 Å². The minimum atomic E-state index is -0.692. The van der Waals surface area contributed by atoms with E-state index < -0.39 is 11.6 Å². The van der Waals surface area contributed by atoms with E-state index in [0.29, 0.717) is 30.6 Å². The number of amides is 1. The van der Waals surface area contributed by atoms with E-state index in [1.54, 1.807) is 11.0 Å². The first-order valence-corrected chi connectivity index (χ1v) is 7.99. The quantitative estimate of drug-likeness (QED) is 0.791. The summed E-state index contributed by atoms with van der Waals surface area (Å²) >= 11 is 0. The van der Waals surface area contributed by atoms with Crippen molar-refractivity contribution in [1.82, 2.24) is 4.98 Å². The molecule has 1 amide bonds. The number of para-hydroxylation sites is 1. The van der Waals surface area contributed by atoms with Crippen LogP contribution in [0.4, 0.5) is 20.2 Å². The summed E-state index contributed by atoms with van der Waals surface area (Å²) in [5, 5.41) is 3.54. The third-order valence-corrected chi connectivity index (χ3v) is 4.34. The molecule has 1 N–H and O–H groups in total. The van der Waals surface area contributed by atoms with Gasteiger partial charge < -0.3 is 10.2 Å². The van der Waals surface area contributed by atoms with Gasteiger partial charge in [-0.2, -0.15) is 0 Å². The summed E-state index contributed by atoms with van der Waals surface area (Å²) in [5.74, 6) is -1.29. The van der Waals surface area contributed by atoms with Gasteiger partial charge in [-0.25, -0.2) is 8.78 Å². The fraction of sp³-hybridized carbons (Fsp3) is 0.158. The van der Waals surface area contributed by atoms with Crippen LogP contribution in [0.5, 0.6) is 0 Å². The van der Waals surface area contributed by atoms with Gasteiger partial charge in [-0.1, -0.05) is 18.2 Å². The monoisotopic (exact) mass is 339 g/mol. The van der Waals surface area contributed by atoms with Gasteiger partial charge in [-0.3, -0.25) is 9.78 Å². The SMILES string of the molecule is O=C1Cc2ccccc2N1CCNc1ccnc2c(F)cc(F)cc12. The molecule has 0 fully saturated rings. The van der Waals surface area contributed by atoms with E-state index in [2.05, 4.69) is 10.3 Å². The van der Waals surface area contributed by atoms with E-state index in [9.17, 15) is 13.6 Å². The molecule has 25 heavy (non-hydrogen) atoms. The minimum absolute atomic E-state index is 0.0553. The number of fused-ring (bicyclic) bond motifs is 2. The van der Waals surface area contributed by atoms with Gasteiger partial charge in [-0.05, 0) is 23.8 Å². The molecule has 0 saturated heterocycles. The zero-order valence-electron chi connectivity index (χ0n) is 13.3. The minimum Gasteiger partial charge on any atom is -0.383 e. The highest BCUT2D eigenvalue weighted by Gasteiger charge is 2.26. The van der Waals surface area contributed by atoms with Crippen molar-refractivity contribution in [2.75, 3.05) is 23.3 Å². The van der Waals surface area contributed by atoms with Gasteiger partial charge in [-0.15, -0.1) is 0 Å². The average molecular weight is 339 g/mol. The lowest BCUT2D eigenvalue weighted by Gasteiger charge is -2.18. The van der Waals surface area contributed by atoms with E-state index in [-0.39, 0.29) is 11.4 Å². The summed E-state index contributed by atoms with van der Waals surface area (Å²) in [5.41, 5.74) is 2.65. The standard InChI is InChI=1S/C19H15F2N3O/c20-13-10-14-16(5-6-23-19(14)15(21)11-13)22-7-8-24-17-4-2-1-3-12(17)9-18(24)25/h1-6,10-11H,7-9H2,(H,22,23). The molecule has 2 heterocycles. The van der Waals surface area contributed by atoms with Gasteiger partial charge in [0, 0.05) is 42.1 Å². The lowest BCUT2D eigenvalue weighted by molar-refractivity contribution is -0.117. The molecule has 0 aliphatic carbocycles. The second-order valence-electron chi connectivity index (χ2n) is 5.92. The largest absolute Gasteiger partial charge is 0.383 e. The second kappa shape index (κ2) is 6.12. The first-order valence-electron chi connectivity index (χ1n) is 7.99. The number of hydrogen-bond donors (Lipinski definition) is 1. The van der Waals surface area contributed by atoms with Crippen LogP contribution in [0, 0.1) is 11.6 Å². The summed E-state index contributed by atoms with van der Waals surface area (Å²) in [6, 6.07) is 11.4. The van der Waals surface area contributed by atoms with Crippen molar-refractivity contribution in [3.63, 3.8) is 0 Å². The molecule has 126 valence electrons. The third-order valence-electron chi connectivity index (χ3n) is 4.34. The molecule has 0 bridgehead atoms. The van der Waals surface area contributed by atoms with Gasteiger partial charge in [0.1, 0.15) is 11.3 Å². The van der Waals surface area contributed by atoms with E-state index in [1.165, 1.54) is 12.3 Å². The van der Waals surface area contributed by atoms with Crippen LogP contribution in [0.15, 0.2) is 48.7 Å². The van der Waals surface area contributed by atoms with Crippen molar-refractivity contribution in [1.29, 1.82) is 0 Å². The van der Waals surface area contributed by atoms with Crippen LogP contribution in [0.1, 0.15) is 5.56 Å². The van der Waals surface area contributed by atoms with Gasteiger partial charge >= 0.3 is 0 Å². The summed E-state index contributed by atoms with van der Waals surface area (Å²) in [6.45, 7) is 0.925. The van der Waals surface area contributed by atoms with Crippen molar-refractivity contribution in [2.45, 2.75) is 6.42 Å². The second-order valence-corrected chi connectivity index (χ2v) is 5.92. The lowest BCUT2D eigenvalue weighted by atomic mass is 10.1. The number of pyridine rings is 1. The van der Waals surface area contributed by atoms with Crippen LogP contribution in [0.25, 0.3) is 10.9 Å². The number of rotatable bonds is 4. The maximum absolute atomic E-state index is 13.8. The Labute approximate surface area is 143 Å². The highest BCUT2D eigenvalue weighted by Crippen LogP contribution is 2.28. The third kappa shape index (κ3) is 2.80. The van der Waals surface area contributed by atoms with Crippen LogP contribution in [0.3, 0.4) is 0 Å². The Bertz CT molecular complexity index is 974. The highest BCUT2D eigenvalue weighted by molar-refractivity contribution is 6.01. The van der Waals surface area contributed by atoms with Crippen LogP contribution in [-0.2, 0) is 11.2 Å². The molecule has 2 aromatic carbocycles. The Hall–Kier alpha value is -3.02. The molecule has 0 unspecified atom stereocenters. The lowest BCUT2D eigenvalue weighted by Crippen LogP contribution is -2.31. The maximum Gasteiger partial charge on any atom is 0.231 e. The number of benzene rings is 2. The molecule has 1 aromatic heterocycles. The van der Waals surface area contributed by atoms with E-state index in [4.69, 9.17) is 0 Å². The van der Waals surface area contributed by atoms with E-state index in [1.807, 2.05) is 24.3 Å². The van der Waals surface area contributed by atoms with E-state index >= 15 is 0 Å². The Morgan fingerprint density at radius 3 is 2.88 bits per heavy atom. The zero-order chi connectivity index (χ0) is 17.4. The van der Waals surface area contributed by atoms with Gasteiger partial charge in [0.15, 0.2) is 5.82 Å². The summed E-state index contributed by atoms with van der Waals surface area (Å²) in [4.78, 5) is 17.9. The normalized spacial score (nSPS) is 13.4. The molecule has 0 spiro atoms. The number of carbonyl (C=O) groups excluding carboxylic acids is 1. The van der Waals surface area contributed by atoms with Crippen molar-refractivity contribution >= 4 is 28.2 Å². The van der Waals surface area contributed by atoms with Crippen molar-refractivity contribution in [3.05, 3.63) is 65.9 Å². The molecule has 1 aliphatic rings. The first-order chi connectivity index (χ1) is 12.1. The molecule has 0 saturated carbocycles. The summed E-state index contributed by atoms with van der Waals surface area (Å²) in [6.07, 6.45) is 1.88. The maximum atomic E-state index is 13.8. The topological polar surface area (TPSA) is 45.2 Å². The number of anilines is 2. The molecule has 4 rings (SSSR count). The molecule has 6 heteroatoms. The zero-order valence-corrected chi connectivity index (χ0v) is 13.3. The highest BCUT2D eigenvalue weighted by atomic mass is 19.1. The number of aromatic nitrogens is 1. The molecule has 3 aromatic rings. The summed E-state index contributed by atoms with van der Waals surface area (Å²) < 4.78 is 27.3. The first kappa shape index (κ1) is 15.5. The van der Waals surface area contributed by atoms with Crippen molar-refractivity contribution in [3.8, 4) is 0 Å². The Morgan fingerprint density at radius 1 is 1.16 bits per heavy atom. The predicted molar refractivity (Wildman–Crippen MR) is 92.6 cm³/mol. The number of hydrogen-bond acceptors (Lipinski definition) is 3. The molecule has 0 atom stereocenters. The number of halogens is 2.